The Hall–Kier alpha value is -6.32. The highest BCUT2D eigenvalue weighted by Crippen LogP contribution is 2.38. The molecule has 0 radical (unpaired) electrons. The SMILES string of the molecule is N/C(=C\Cc1ccc(-n2c3ccccc3c3cc(-c4ccc5c(c4)c4ccccc4n5-c4ccccc4)ccc32)cc1)c1ccccc1. The average Bonchev–Trinajstić information content (AvgIpc) is 3.67. The predicted molar refractivity (Wildman–Crippen MR) is 203 cm³/mol. The van der Waals surface area contributed by atoms with Crippen molar-refractivity contribution in [1.29, 1.82) is 0 Å². The predicted octanol–water partition coefficient (Wildman–Crippen LogP) is 11.1. The Labute approximate surface area is 279 Å². The molecule has 0 unspecified atom stereocenters. The number of fused-ring (bicyclic) bond motifs is 6. The standard InChI is InChI=1S/C45H33N3/c46-41(32-11-3-1-4-12-32)26-21-31-19-24-36(25-20-31)48-43-18-10-8-16-38(43)40-30-34(23-28-45(40)48)33-22-27-44-39(29-33)37-15-7-9-17-42(37)47(44)35-13-5-2-6-14-35/h1-20,22-30H,21,46H2/b41-26-. The molecule has 0 saturated heterocycles. The van der Waals surface area contributed by atoms with Gasteiger partial charge in [0.2, 0.25) is 0 Å². The molecule has 228 valence electrons. The summed E-state index contributed by atoms with van der Waals surface area (Å²) in [5.41, 5.74) is 19.0. The highest BCUT2D eigenvalue weighted by atomic mass is 15.0. The van der Waals surface area contributed by atoms with Crippen molar-refractivity contribution in [2.24, 2.45) is 5.73 Å². The third-order valence-electron chi connectivity index (χ3n) is 9.55. The molecule has 3 nitrogen and oxygen atoms in total. The van der Waals surface area contributed by atoms with Crippen molar-refractivity contribution in [3.05, 3.63) is 187 Å². The van der Waals surface area contributed by atoms with Gasteiger partial charge in [-0.25, -0.2) is 0 Å². The molecule has 2 aromatic heterocycles. The Morgan fingerprint density at radius 1 is 0.438 bits per heavy atom. The summed E-state index contributed by atoms with van der Waals surface area (Å²) in [7, 11) is 0. The second kappa shape index (κ2) is 11.5. The van der Waals surface area contributed by atoms with E-state index in [1.54, 1.807) is 0 Å². The van der Waals surface area contributed by atoms with Crippen LogP contribution in [0.25, 0.3) is 71.8 Å². The second-order valence-corrected chi connectivity index (χ2v) is 12.4. The minimum Gasteiger partial charge on any atom is -0.398 e. The Morgan fingerprint density at radius 2 is 0.896 bits per heavy atom. The van der Waals surface area contributed by atoms with Crippen molar-refractivity contribution in [2.45, 2.75) is 6.42 Å². The number of hydrogen-bond donors (Lipinski definition) is 1. The van der Waals surface area contributed by atoms with E-state index in [0.717, 1.165) is 23.4 Å². The van der Waals surface area contributed by atoms with Gasteiger partial charge in [-0.3, -0.25) is 0 Å². The molecule has 7 aromatic carbocycles. The highest BCUT2D eigenvalue weighted by Gasteiger charge is 2.16. The Bertz CT molecular complexity index is 2620. The first-order valence-electron chi connectivity index (χ1n) is 16.5. The summed E-state index contributed by atoms with van der Waals surface area (Å²) in [6.45, 7) is 0. The summed E-state index contributed by atoms with van der Waals surface area (Å²) >= 11 is 0. The fourth-order valence-corrected chi connectivity index (χ4v) is 7.20. The number of benzene rings is 7. The van der Waals surface area contributed by atoms with E-state index in [4.69, 9.17) is 5.73 Å². The van der Waals surface area contributed by atoms with Gasteiger partial charge in [-0.15, -0.1) is 0 Å². The van der Waals surface area contributed by atoms with Crippen LogP contribution in [-0.4, -0.2) is 9.13 Å². The van der Waals surface area contributed by atoms with Gasteiger partial charge in [0, 0.05) is 38.6 Å². The van der Waals surface area contributed by atoms with Gasteiger partial charge in [-0.05, 0) is 89.3 Å². The molecule has 0 atom stereocenters. The zero-order valence-corrected chi connectivity index (χ0v) is 26.4. The lowest BCUT2D eigenvalue weighted by atomic mass is 10.0. The lowest BCUT2D eigenvalue weighted by Crippen LogP contribution is -1.97. The van der Waals surface area contributed by atoms with Gasteiger partial charge in [0.15, 0.2) is 0 Å². The third kappa shape index (κ3) is 4.68. The van der Waals surface area contributed by atoms with Gasteiger partial charge in [0.05, 0.1) is 22.1 Å². The Morgan fingerprint density at radius 3 is 1.46 bits per heavy atom. The molecular formula is C45H33N3. The van der Waals surface area contributed by atoms with Crippen molar-refractivity contribution < 1.29 is 0 Å². The monoisotopic (exact) mass is 615 g/mol. The number of rotatable bonds is 6. The van der Waals surface area contributed by atoms with Crippen LogP contribution >= 0.6 is 0 Å². The summed E-state index contributed by atoms with van der Waals surface area (Å²) in [5, 5.41) is 5.02. The molecule has 0 saturated carbocycles. The lowest BCUT2D eigenvalue weighted by molar-refractivity contribution is 1.16. The van der Waals surface area contributed by atoms with Crippen LogP contribution in [0.1, 0.15) is 11.1 Å². The zero-order valence-electron chi connectivity index (χ0n) is 26.4. The molecule has 9 rings (SSSR count). The van der Waals surface area contributed by atoms with Crippen LogP contribution in [0.4, 0.5) is 0 Å². The van der Waals surface area contributed by atoms with Gasteiger partial charge in [0.25, 0.3) is 0 Å². The first-order chi connectivity index (χ1) is 23.7. The molecule has 3 heteroatoms. The van der Waals surface area contributed by atoms with Gasteiger partial charge in [0.1, 0.15) is 0 Å². The molecule has 0 aliphatic heterocycles. The lowest BCUT2D eigenvalue weighted by Gasteiger charge is -2.10. The fourth-order valence-electron chi connectivity index (χ4n) is 7.20. The minimum atomic E-state index is 0.784. The molecule has 9 aromatic rings. The van der Waals surface area contributed by atoms with Crippen LogP contribution in [0.15, 0.2) is 176 Å². The highest BCUT2D eigenvalue weighted by molar-refractivity contribution is 6.12. The third-order valence-corrected chi connectivity index (χ3v) is 9.55. The summed E-state index contributed by atoms with van der Waals surface area (Å²) in [6, 6.07) is 60.8. The van der Waals surface area contributed by atoms with Crippen LogP contribution in [-0.2, 0) is 6.42 Å². The first-order valence-corrected chi connectivity index (χ1v) is 16.5. The number of hydrogen-bond acceptors (Lipinski definition) is 1. The first kappa shape index (κ1) is 27.9. The smallest absolute Gasteiger partial charge is 0.0541 e. The number of para-hydroxylation sites is 3. The second-order valence-electron chi connectivity index (χ2n) is 12.4. The summed E-state index contributed by atoms with van der Waals surface area (Å²) in [6.07, 6.45) is 2.88. The number of aromatic nitrogens is 2. The van der Waals surface area contributed by atoms with Gasteiger partial charge < -0.3 is 14.9 Å². The maximum absolute atomic E-state index is 6.36. The van der Waals surface area contributed by atoms with Crippen molar-refractivity contribution in [2.75, 3.05) is 0 Å². The maximum Gasteiger partial charge on any atom is 0.0541 e. The van der Waals surface area contributed by atoms with Crippen molar-refractivity contribution in [3.63, 3.8) is 0 Å². The molecule has 0 bridgehead atoms. The van der Waals surface area contributed by atoms with Crippen LogP contribution < -0.4 is 5.73 Å². The number of nitrogens with zero attached hydrogens (tertiary/aromatic N) is 2. The van der Waals surface area contributed by atoms with E-state index in [1.165, 1.54) is 66.0 Å². The molecule has 0 aliphatic carbocycles. The number of nitrogens with two attached hydrogens (primary N) is 1. The van der Waals surface area contributed by atoms with Gasteiger partial charge in [-0.1, -0.05) is 115 Å². The van der Waals surface area contributed by atoms with Gasteiger partial charge in [-0.2, -0.15) is 0 Å². The Balaban J connectivity index is 1.11. The minimum absolute atomic E-state index is 0.784. The molecule has 2 heterocycles. The van der Waals surface area contributed by atoms with Crippen LogP contribution in [0, 0.1) is 0 Å². The van der Waals surface area contributed by atoms with Crippen LogP contribution in [0.3, 0.4) is 0 Å². The summed E-state index contributed by atoms with van der Waals surface area (Å²) in [4.78, 5) is 0. The molecular weight excluding hydrogens is 583 g/mol. The topological polar surface area (TPSA) is 35.9 Å². The summed E-state index contributed by atoms with van der Waals surface area (Å²) < 4.78 is 4.74. The van der Waals surface area contributed by atoms with E-state index in [9.17, 15) is 0 Å². The molecule has 0 spiro atoms. The molecule has 2 N–H and O–H groups in total. The van der Waals surface area contributed by atoms with Gasteiger partial charge >= 0.3 is 0 Å². The van der Waals surface area contributed by atoms with E-state index >= 15 is 0 Å². The van der Waals surface area contributed by atoms with E-state index < -0.39 is 0 Å². The molecule has 0 fully saturated rings. The van der Waals surface area contributed by atoms with E-state index in [2.05, 4.69) is 155 Å². The Kier molecular flexibility index (Phi) is 6.69. The van der Waals surface area contributed by atoms with Crippen LogP contribution in [0.5, 0.6) is 0 Å². The van der Waals surface area contributed by atoms with Crippen LogP contribution in [0.2, 0.25) is 0 Å². The molecule has 48 heavy (non-hydrogen) atoms. The zero-order chi connectivity index (χ0) is 32.0. The average molecular weight is 616 g/mol. The van der Waals surface area contributed by atoms with E-state index in [-0.39, 0.29) is 0 Å². The van der Waals surface area contributed by atoms with E-state index in [1.807, 2.05) is 30.3 Å². The van der Waals surface area contributed by atoms with E-state index in [0.29, 0.717) is 0 Å². The normalized spacial score (nSPS) is 12.0. The largest absolute Gasteiger partial charge is 0.398 e. The summed E-state index contributed by atoms with van der Waals surface area (Å²) in [5.74, 6) is 0. The van der Waals surface area contributed by atoms with Crippen molar-refractivity contribution >= 4 is 49.3 Å². The molecule has 0 aliphatic rings. The fraction of sp³-hybridized carbons (Fsp3) is 0.0222. The maximum atomic E-state index is 6.36. The quantitative estimate of drug-likeness (QED) is 0.198. The number of allylic oxidation sites excluding steroid dienone is 1. The molecule has 0 amide bonds. The van der Waals surface area contributed by atoms with Crippen molar-refractivity contribution in [3.8, 4) is 22.5 Å². The van der Waals surface area contributed by atoms with Crippen molar-refractivity contribution in [1.82, 2.24) is 9.13 Å².